The molecule has 88 valence electrons. The van der Waals surface area contributed by atoms with Gasteiger partial charge in [0.2, 0.25) is 0 Å². The molecule has 1 aliphatic rings. The van der Waals surface area contributed by atoms with E-state index in [1.165, 1.54) is 30.8 Å². The van der Waals surface area contributed by atoms with Crippen molar-refractivity contribution in [3.63, 3.8) is 0 Å². The van der Waals surface area contributed by atoms with Crippen molar-refractivity contribution < 1.29 is 14.7 Å². The molecule has 2 N–H and O–H groups in total. The molecule has 0 spiro atoms. The lowest BCUT2D eigenvalue weighted by Gasteiger charge is -2.17. The summed E-state index contributed by atoms with van der Waals surface area (Å²) < 4.78 is 5.51. The highest BCUT2D eigenvalue weighted by atomic mass is 16.5. The van der Waals surface area contributed by atoms with Gasteiger partial charge in [-0.2, -0.15) is 0 Å². The minimum absolute atomic E-state index is 0.353. The summed E-state index contributed by atoms with van der Waals surface area (Å²) in [6, 6.07) is 9.66. The van der Waals surface area contributed by atoms with E-state index in [-0.39, 0.29) is 6.10 Å². The standard InChI is InChI=1S/C13H19NO2/c15-12(10-14-8-4-5-9-14)11-16-13-6-2-1-3-7-13/h1-3,6-7,12,15H,4-5,8-11H2/p+1/t12-/m1/s1. The molecule has 1 aromatic rings. The van der Waals surface area contributed by atoms with Gasteiger partial charge in [0.25, 0.3) is 0 Å². The predicted octanol–water partition coefficient (Wildman–Crippen LogP) is 0.105. The molecule has 0 aromatic heterocycles. The molecule has 1 fully saturated rings. The fourth-order valence-corrected chi connectivity index (χ4v) is 2.18. The maximum absolute atomic E-state index is 9.83. The number of para-hydroxylation sites is 1. The van der Waals surface area contributed by atoms with Gasteiger partial charge in [-0.1, -0.05) is 18.2 Å². The van der Waals surface area contributed by atoms with Crippen molar-refractivity contribution in [1.29, 1.82) is 0 Å². The zero-order chi connectivity index (χ0) is 11.2. The average molecular weight is 222 g/mol. The number of rotatable bonds is 5. The van der Waals surface area contributed by atoms with Crippen LogP contribution in [0.5, 0.6) is 5.75 Å². The van der Waals surface area contributed by atoms with Crippen LogP contribution >= 0.6 is 0 Å². The van der Waals surface area contributed by atoms with Crippen molar-refractivity contribution in [1.82, 2.24) is 0 Å². The van der Waals surface area contributed by atoms with Gasteiger partial charge in [0.1, 0.15) is 25.0 Å². The van der Waals surface area contributed by atoms with Crippen molar-refractivity contribution in [2.75, 3.05) is 26.2 Å². The molecule has 3 heteroatoms. The van der Waals surface area contributed by atoms with Crippen LogP contribution in [0.3, 0.4) is 0 Å². The second-order valence-corrected chi connectivity index (χ2v) is 4.44. The second kappa shape index (κ2) is 5.87. The molecule has 0 saturated carbocycles. The monoisotopic (exact) mass is 222 g/mol. The van der Waals surface area contributed by atoms with Gasteiger partial charge in [0.05, 0.1) is 13.1 Å². The Labute approximate surface area is 96.6 Å². The third-order valence-corrected chi connectivity index (χ3v) is 3.02. The Bertz CT molecular complexity index is 296. The Morgan fingerprint density at radius 1 is 1.19 bits per heavy atom. The van der Waals surface area contributed by atoms with Crippen LogP contribution in [0, 0.1) is 0 Å². The summed E-state index contributed by atoms with van der Waals surface area (Å²) in [7, 11) is 0. The topological polar surface area (TPSA) is 33.9 Å². The molecule has 0 unspecified atom stereocenters. The van der Waals surface area contributed by atoms with Crippen molar-refractivity contribution >= 4 is 0 Å². The second-order valence-electron chi connectivity index (χ2n) is 4.44. The van der Waals surface area contributed by atoms with E-state index in [1.54, 1.807) is 0 Å². The van der Waals surface area contributed by atoms with Crippen LogP contribution < -0.4 is 9.64 Å². The molecule has 16 heavy (non-hydrogen) atoms. The summed E-state index contributed by atoms with van der Waals surface area (Å²) in [4.78, 5) is 1.50. The lowest BCUT2D eigenvalue weighted by atomic mass is 10.3. The van der Waals surface area contributed by atoms with Gasteiger partial charge in [-0.15, -0.1) is 0 Å². The Morgan fingerprint density at radius 3 is 2.56 bits per heavy atom. The first-order valence-electron chi connectivity index (χ1n) is 6.04. The Balaban J connectivity index is 1.69. The van der Waals surface area contributed by atoms with E-state index in [4.69, 9.17) is 4.74 Å². The Morgan fingerprint density at radius 2 is 1.88 bits per heavy atom. The van der Waals surface area contributed by atoms with Crippen LogP contribution in [0.4, 0.5) is 0 Å². The summed E-state index contributed by atoms with van der Waals surface area (Å²) in [5.74, 6) is 0.831. The smallest absolute Gasteiger partial charge is 0.137 e. The van der Waals surface area contributed by atoms with Crippen LogP contribution in [0.2, 0.25) is 0 Å². The number of quaternary nitrogens is 1. The molecule has 0 radical (unpaired) electrons. The van der Waals surface area contributed by atoms with Crippen molar-refractivity contribution in [2.45, 2.75) is 18.9 Å². The first-order valence-corrected chi connectivity index (χ1v) is 6.04. The van der Waals surface area contributed by atoms with Gasteiger partial charge in [-0.3, -0.25) is 0 Å². The highest BCUT2D eigenvalue weighted by molar-refractivity contribution is 5.20. The number of hydrogen-bond acceptors (Lipinski definition) is 2. The van der Waals surface area contributed by atoms with E-state index in [9.17, 15) is 5.11 Å². The number of aliphatic hydroxyl groups excluding tert-OH is 1. The van der Waals surface area contributed by atoms with Gasteiger partial charge in [0, 0.05) is 12.8 Å². The van der Waals surface area contributed by atoms with E-state index in [1.807, 2.05) is 30.3 Å². The summed E-state index contributed by atoms with van der Waals surface area (Å²) in [5, 5.41) is 9.83. The molecule has 0 bridgehead atoms. The van der Waals surface area contributed by atoms with Gasteiger partial charge in [-0.25, -0.2) is 0 Å². The van der Waals surface area contributed by atoms with Crippen LogP contribution in [0.1, 0.15) is 12.8 Å². The zero-order valence-corrected chi connectivity index (χ0v) is 9.56. The predicted molar refractivity (Wildman–Crippen MR) is 62.7 cm³/mol. The van der Waals surface area contributed by atoms with Gasteiger partial charge in [0.15, 0.2) is 0 Å². The van der Waals surface area contributed by atoms with E-state index in [0.29, 0.717) is 6.61 Å². The molecular formula is C13H20NO2+. The highest BCUT2D eigenvalue weighted by Gasteiger charge is 2.19. The van der Waals surface area contributed by atoms with E-state index in [0.717, 1.165) is 12.3 Å². The molecule has 1 aliphatic heterocycles. The largest absolute Gasteiger partial charge is 0.491 e. The summed E-state index contributed by atoms with van der Waals surface area (Å²) in [6.45, 7) is 3.60. The average Bonchev–Trinajstić information content (AvgIpc) is 2.81. The lowest BCUT2D eigenvalue weighted by molar-refractivity contribution is -0.890. The van der Waals surface area contributed by atoms with E-state index < -0.39 is 0 Å². The summed E-state index contributed by atoms with van der Waals surface area (Å²) in [5.41, 5.74) is 0. The molecule has 2 rings (SSSR count). The first kappa shape index (κ1) is 11.4. The number of nitrogens with one attached hydrogen (secondary N) is 1. The van der Waals surface area contributed by atoms with Gasteiger partial charge < -0.3 is 14.7 Å². The van der Waals surface area contributed by atoms with E-state index >= 15 is 0 Å². The highest BCUT2D eigenvalue weighted by Crippen LogP contribution is 2.08. The normalized spacial score (nSPS) is 18.6. The quantitative estimate of drug-likeness (QED) is 0.741. The fraction of sp³-hybridized carbons (Fsp3) is 0.538. The minimum Gasteiger partial charge on any atom is -0.491 e. The lowest BCUT2D eigenvalue weighted by Crippen LogP contribution is -3.11. The van der Waals surface area contributed by atoms with Crippen molar-refractivity contribution in [2.24, 2.45) is 0 Å². The van der Waals surface area contributed by atoms with Crippen LogP contribution in [0.15, 0.2) is 30.3 Å². The molecular weight excluding hydrogens is 202 g/mol. The molecule has 0 amide bonds. The SMILES string of the molecule is O[C@@H](COc1ccccc1)C[NH+]1CCCC1. The fourth-order valence-electron chi connectivity index (χ4n) is 2.18. The van der Waals surface area contributed by atoms with Crippen LogP contribution in [-0.4, -0.2) is 37.5 Å². The minimum atomic E-state index is -0.353. The maximum Gasteiger partial charge on any atom is 0.137 e. The maximum atomic E-state index is 9.83. The van der Waals surface area contributed by atoms with E-state index in [2.05, 4.69) is 0 Å². The summed E-state index contributed by atoms with van der Waals surface area (Å²) in [6.07, 6.45) is 2.23. The van der Waals surface area contributed by atoms with Gasteiger partial charge in [-0.05, 0) is 12.1 Å². The van der Waals surface area contributed by atoms with Crippen LogP contribution in [0.25, 0.3) is 0 Å². The number of benzene rings is 1. The third kappa shape index (κ3) is 3.51. The first-order chi connectivity index (χ1) is 7.84. The molecule has 1 heterocycles. The molecule has 1 aromatic carbocycles. The molecule has 1 saturated heterocycles. The van der Waals surface area contributed by atoms with Gasteiger partial charge >= 0.3 is 0 Å². The Hall–Kier alpha value is -1.06. The molecule has 3 nitrogen and oxygen atoms in total. The number of likely N-dealkylation sites (tertiary alicyclic amines) is 1. The number of aliphatic hydroxyl groups is 1. The van der Waals surface area contributed by atoms with Crippen LogP contribution in [-0.2, 0) is 0 Å². The Kier molecular flexibility index (Phi) is 4.19. The van der Waals surface area contributed by atoms with Crippen molar-refractivity contribution in [3.05, 3.63) is 30.3 Å². The molecule has 1 atom stereocenters. The third-order valence-electron chi connectivity index (χ3n) is 3.02. The van der Waals surface area contributed by atoms with Crippen molar-refractivity contribution in [3.8, 4) is 5.75 Å². The molecule has 0 aliphatic carbocycles. The summed E-state index contributed by atoms with van der Waals surface area (Å²) >= 11 is 0. The number of hydrogen-bond donors (Lipinski definition) is 2. The zero-order valence-electron chi connectivity index (χ0n) is 9.56. The number of ether oxygens (including phenoxy) is 1.